The maximum Gasteiger partial charge on any atom is 0.140 e. The Kier molecular flexibility index (Phi) is 3.81. The summed E-state index contributed by atoms with van der Waals surface area (Å²) < 4.78 is 1.98. The van der Waals surface area contributed by atoms with Gasteiger partial charge in [0.1, 0.15) is 12.2 Å². The van der Waals surface area contributed by atoms with E-state index in [2.05, 4.69) is 73.1 Å². The molecular formula is C18H26N4. The minimum absolute atomic E-state index is 0.264. The van der Waals surface area contributed by atoms with Crippen LogP contribution in [0.3, 0.4) is 0 Å². The van der Waals surface area contributed by atoms with Crippen LogP contribution in [0.15, 0.2) is 36.7 Å². The number of likely N-dealkylation sites (N-methyl/N-ethyl adjacent to an activating group) is 1. The molecule has 0 bridgehead atoms. The first-order valence-electron chi connectivity index (χ1n) is 8.09. The minimum Gasteiger partial charge on any atom is -0.298 e. The van der Waals surface area contributed by atoms with Gasteiger partial charge < -0.3 is 0 Å². The van der Waals surface area contributed by atoms with Crippen LogP contribution in [0.1, 0.15) is 38.6 Å². The molecule has 1 aliphatic carbocycles. The first kappa shape index (κ1) is 15.2. The van der Waals surface area contributed by atoms with Crippen LogP contribution in [0, 0.1) is 5.41 Å². The summed E-state index contributed by atoms with van der Waals surface area (Å²) in [5.74, 6) is 1.05. The summed E-state index contributed by atoms with van der Waals surface area (Å²) >= 11 is 0. The topological polar surface area (TPSA) is 34.0 Å². The van der Waals surface area contributed by atoms with Gasteiger partial charge in [0.15, 0.2) is 0 Å². The highest BCUT2D eigenvalue weighted by Crippen LogP contribution is 2.64. The van der Waals surface area contributed by atoms with Crippen molar-refractivity contribution in [1.82, 2.24) is 19.7 Å². The van der Waals surface area contributed by atoms with Gasteiger partial charge in [-0.1, -0.05) is 44.2 Å². The van der Waals surface area contributed by atoms with Gasteiger partial charge in [0, 0.05) is 18.5 Å². The van der Waals surface area contributed by atoms with Crippen LogP contribution >= 0.6 is 0 Å². The lowest BCUT2D eigenvalue weighted by Gasteiger charge is -2.27. The number of benzene rings is 1. The molecule has 1 saturated carbocycles. The Morgan fingerprint density at radius 1 is 1.23 bits per heavy atom. The van der Waals surface area contributed by atoms with E-state index in [4.69, 9.17) is 0 Å². The van der Waals surface area contributed by atoms with E-state index in [9.17, 15) is 0 Å². The van der Waals surface area contributed by atoms with Crippen LogP contribution in [0.4, 0.5) is 0 Å². The number of nitrogens with zero attached hydrogens (tertiary/aromatic N) is 4. The summed E-state index contributed by atoms with van der Waals surface area (Å²) in [6.45, 7) is 9.63. The van der Waals surface area contributed by atoms with Crippen molar-refractivity contribution in [2.24, 2.45) is 5.41 Å². The van der Waals surface area contributed by atoms with Crippen LogP contribution in [0.2, 0.25) is 0 Å². The second kappa shape index (κ2) is 5.51. The van der Waals surface area contributed by atoms with E-state index in [1.807, 2.05) is 4.68 Å². The zero-order valence-corrected chi connectivity index (χ0v) is 14.1. The van der Waals surface area contributed by atoms with E-state index < -0.39 is 0 Å². The Labute approximate surface area is 133 Å². The molecule has 0 amide bonds. The zero-order valence-electron chi connectivity index (χ0n) is 14.1. The maximum atomic E-state index is 4.40. The Balaban J connectivity index is 1.76. The lowest BCUT2D eigenvalue weighted by atomic mass is 9.87. The minimum atomic E-state index is 0.264. The highest BCUT2D eigenvalue weighted by Gasteiger charge is 2.61. The third kappa shape index (κ3) is 2.56. The Hall–Kier alpha value is -1.68. The summed E-state index contributed by atoms with van der Waals surface area (Å²) in [5.41, 5.74) is 2.09. The molecule has 2 aromatic rings. The summed E-state index contributed by atoms with van der Waals surface area (Å²) in [7, 11) is 2.19. The summed E-state index contributed by atoms with van der Waals surface area (Å²) in [6, 6.07) is 11.0. The van der Waals surface area contributed by atoms with Crippen molar-refractivity contribution in [3.8, 4) is 0 Å². The molecule has 0 saturated heterocycles. The molecule has 1 aromatic carbocycles. The van der Waals surface area contributed by atoms with Gasteiger partial charge in [-0.3, -0.25) is 4.90 Å². The molecule has 0 spiro atoms. The number of hydrogen-bond acceptors (Lipinski definition) is 3. The third-order valence-corrected chi connectivity index (χ3v) is 5.19. The van der Waals surface area contributed by atoms with Crippen molar-refractivity contribution in [3.63, 3.8) is 0 Å². The first-order chi connectivity index (χ1) is 10.5. The lowest BCUT2D eigenvalue weighted by Crippen LogP contribution is -2.33. The summed E-state index contributed by atoms with van der Waals surface area (Å²) in [5, 5.41) is 4.27. The van der Waals surface area contributed by atoms with Crippen molar-refractivity contribution in [3.05, 3.63) is 48.0 Å². The third-order valence-electron chi connectivity index (χ3n) is 5.19. The van der Waals surface area contributed by atoms with Gasteiger partial charge in [-0.25, -0.2) is 9.67 Å². The fraction of sp³-hybridized carbons (Fsp3) is 0.556. The summed E-state index contributed by atoms with van der Waals surface area (Å²) in [4.78, 5) is 6.78. The molecular weight excluding hydrogens is 272 g/mol. The van der Waals surface area contributed by atoms with Crippen molar-refractivity contribution in [2.75, 3.05) is 13.6 Å². The standard InChI is InChI=1S/C18H26N4/c1-5-22-16(19-14-20-22)11-21(4)13-18(12-17(18,2)3)15-9-7-6-8-10-15/h6-10,14H,5,11-13H2,1-4H3. The van der Waals surface area contributed by atoms with Gasteiger partial charge in [0.2, 0.25) is 0 Å². The Bertz CT molecular complexity index is 632. The SMILES string of the molecule is CCn1ncnc1CN(C)CC1(c2ccccc2)CC1(C)C. The van der Waals surface area contributed by atoms with Gasteiger partial charge in [-0.05, 0) is 31.4 Å². The fourth-order valence-corrected chi connectivity index (χ4v) is 3.75. The van der Waals surface area contributed by atoms with Gasteiger partial charge >= 0.3 is 0 Å². The predicted octanol–water partition coefficient (Wildman–Crippen LogP) is 3.10. The van der Waals surface area contributed by atoms with Gasteiger partial charge in [-0.2, -0.15) is 5.10 Å². The van der Waals surface area contributed by atoms with Crippen molar-refractivity contribution >= 4 is 0 Å². The van der Waals surface area contributed by atoms with E-state index in [0.29, 0.717) is 5.41 Å². The fourth-order valence-electron chi connectivity index (χ4n) is 3.75. The lowest BCUT2D eigenvalue weighted by molar-refractivity contribution is 0.261. The van der Waals surface area contributed by atoms with Crippen LogP contribution in [0.5, 0.6) is 0 Å². The number of aromatic nitrogens is 3. The quantitative estimate of drug-likeness (QED) is 0.822. The zero-order chi connectivity index (χ0) is 15.8. The van der Waals surface area contributed by atoms with Crippen LogP contribution in [-0.2, 0) is 18.5 Å². The van der Waals surface area contributed by atoms with Crippen molar-refractivity contribution < 1.29 is 0 Å². The molecule has 1 aromatic heterocycles. The number of rotatable bonds is 6. The normalized spacial score (nSPS) is 23.0. The van der Waals surface area contributed by atoms with E-state index in [-0.39, 0.29) is 5.41 Å². The molecule has 1 aliphatic rings. The second-order valence-electron chi connectivity index (χ2n) is 7.17. The number of aryl methyl sites for hydroxylation is 1. The van der Waals surface area contributed by atoms with Crippen LogP contribution < -0.4 is 0 Å². The molecule has 0 N–H and O–H groups in total. The monoisotopic (exact) mass is 298 g/mol. The Morgan fingerprint density at radius 3 is 2.50 bits per heavy atom. The summed E-state index contributed by atoms with van der Waals surface area (Å²) in [6.07, 6.45) is 2.90. The molecule has 4 nitrogen and oxygen atoms in total. The van der Waals surface area contributed by atoms with E-state index >= 15 is 0 Å². The maximum absolute atomic E-state index is 4.40. The predicted molar refractivity (Wildman–Crippen MR) is 88.5 cm³/mol. The largest absolute Gasteiger partial charge is 0.298 e. The van der Waals surface area contributed by atoms with Gasteiger partial charge in [-0.15, -0.1) is 0 Å². The van der Waals surface area contributed by atoms with E-state index in [1.165, 1.54) is 12.0 Å². The average Bonchev–Trinajstić information content (AvgIpc) is 2.84. The molecule has 0 radical (unpaired) electrons. The number of hydrogen-bond donors (Lipinski definition) is 0. The molecule has 3 rings (SSSR count). The molecule has 22 heavy (non-hydrogen) atoms. The molecule has 118 valence electrons. The Morgan fingerprint density at radius 2 is 1.91 bits per heavy atom. The molecule has 1 fully saturated rings. The molecule has 1 heterocycles. The van der Waals surface area contributed by atoms with Gasteiger partial charge in [0.25, 0.3) is 0 Å². The molecule has 1 atom stereocenters. The van der Waals surface area contributed by atoms with Gasteiger partial charge in [0.05, 0.1) is 6.54 Å². The van der Waals surface area contributed by atoms with E-state index in [0.717, 1.165) is 25.5 Å². The van der Waals surface area contributed by atoms with Crippen molar-refractivity contribution in [2.45, 2.75) is 45.7 Å². The highest BCUT2D eigenvalue weighted by molar-refractivity contribution is 5.37. The van der Waals surface area contributed by atoms with Crippen LogP contribution in [-0.4, -0.2) is 33.3 Å². The highest BCUT2D eigenvalue weighted by atomic mass is 15.3. The smallest absolute Gasteiger partial charge is 0.140 e. The average molecular weight is 298 g/mol. The molecule has 0 aliphatic heterocycles. The molecule has 4 heteroatoms. The van der Waals surface area contributed by atoms with E-state index in [1.54, 1.807) is 6.33 Å². The van der Waals surface area contributed by atoms with Crippen LogP contribution in [0.25, 0.3) is 0 Å². The second-order valence-corrected chi connectivity index (χ2v) is 7.17. The molecule has 1 unspecified atom stereocenters. The first-order valence-corrected chi connectivity index (χ1v) is 8.09. The van der Waals surface area contributed by atoms with Crippen molar-refractivity contribution in [1.29, 1.82) is 0 Å².